The van der Waals surface area contributed by atoms with Crippen LogP contribution in [0.15, 0.2) is 24.3 Å². The number of nitrogens with one attached hydrogen (secondary N) is 1. The third-order valence-electron chi connectivity index (χ3n) is 3.02. The van der Waals surface area contributed by atoms with E-state index in [0.29, 0.717) is 6.54 Å². The van der Waals surface area contributed by atoms with Crippen LogP contribution < -0.4 is 5.32 Å². The summed E-state index contributed by atoms with van der Waals surface area (Å²) < 4.78 is 4.76. The average molecular weight is 249 g/mol. The van der Waals surface area contributed by atoms with E-state index in [1.807, 2.05) is 13.8 Å². The molecule has 1 N–H and O–H groups in total. The third-order valence-corrected chi connectivity index (χ3v) is 3.02. The fraction of sp³-hybridized carbons (Fsp3) is 0.533. The van der Waals surface area contributed by atoms with Crippen molar-refractivity contribution in [2.45, 2.75) is 27.2 Å². The van der Waals surface area contributed by atoms with E-state index in [9.17, 15) is 4.79 Å². The summed E-state index contributed by atoms with van der Waals surface area (Å²) in [6.07, 6.45) is 0.970. The second-order valence-corrected chi connectivity index (χ2v) is 5.29. The van der Waals surface area contributed by atoms with Gasteiger partial charge in [0.25, 0.3) is 0 Å². The molecule has 0 aliphatic rings. The van der Waals surface area contributed by atoms with E-state index in [0.717, 1.165) is 13.0 Å². The van der Waals surface area contributed by atoms with Crippen molar-refractivity contribution in [3.63, 3.8) is 0 Å². The van der Waals surface area contributed by atoms with Crippen molar-refractivity contribution in [2.75, 3.05) is 20.2 Å². The van der Waals surface area contributed by atoms with Crippen LogP contribution in [0.2, 0.25) is 0 Å². The largest absolute Gasteiger partial charge is 0.469 e. The molecule has 0 saturated carbocycles. The monoisotopic (exact) mass is 249 g/mol. The first-order valence-corrected chi connectivity index (χ1v) is 6.30. The van der Waals surface area contributed by atoms with Crippen LogP contribution in [0.1, 0.15) is 25.0 Å². The maximum Gasteiger partial charge on any atom is 0.312 e. The minimum atomic E-state index is -0.470. The maximum atomic E-state index is 11.5. The van der Waals surface area contributed by atoms with Gasteiger partial charge >= 0.3 is 5.97 Å². The molecule has 1 aromatic rings. The van der Waals surface area contributed by atoms with E-state index in [1.54, 1.807) is 0 Å². The summed E-state index contributed by atoms with van der Waals surface area (Å²) in [5.41, 5.74) is 2.12. The summed E-state index contributed by atoms with van der Waals surface area (Å²) in [5.74, 6) is -0.176. The van der Waals surface area contributed by atoms with Crippen LogP contribution in [0.25, 0.3) is 0 Å². The van der Waals surface area contributed by atoms with E-state index < -0.39 is 5.41 Å². The summed E-state index contributed by atoms with van der Waals surface area (Å²) in [6.45, 7) is 7.35. The van der Waals surface area contributed by atoms with Crippen molar-refractivity contribution in [1.82, 2.24) is 5.32 Å². The number of methoxy groups -OCH3 is 1. The van der Waals surface area contributed by atoms with E-state index in [2.05, 4.69) is 36.5 Å². The van der Waals surface area contributed by atoms with Crippen LogP contribution >= 0.6 is 0 Å². The topological polar surface area (TPSA) is 38.3 Å². The van der Waals surface area contributed by atoms with E-state index >= 15 is 0 Å². The molecule has 0 aliphatic carbocycles. The minimum absolute atomic E-state index is 0.176. The normalized spacial score (nSPS) is 11.3. The summed E-state index contributed by atoms with van der Waals surface area (Å²) in [7, 11) is 1.43. The average Bonchev–Trinajstić information content (AvgIpc) is 2.35. The van der Waals surface area contributed by atoms with Crippen LogP contribution in [0.5, 0.6) is 0 Å². The van der Waals surface area contributed by atoms with Crippen LogP contribution in [-0.2, 0) is 16.0 Å². The number of esters is 1. The Bertz CT molecular complexity index is 382. The fourth-order valence-electron chi connectivity index (χ4n) is 1.74. The summed E-state index contributed by atoms with van der Waals surface area (Å²) in [6, 6.07) is 8.52. The molecule has 0 heterocycles. The van der Waals surface area contributed by atoms with Crippen molar-refractivity contribution in [2.24, 2.45) is 5.41 Å². The van der Waals surface area contributed by atoms with Crippen LogP contribution in [0.3, 0.4) is 0 Å². The number of carbonyl (C=O) groups excluding carboxylic acids is 1. The molecule has 0 aromatic heterocycles. The smallest absolute Gasteiger partial charge is 0.312 e. The van der Waals surface area contributed by atoms with Gasteiger partial charge in [-0.15, -0.1) is 0 Å². The molecule has 0 bridgehead atoms. The number of ether oxygens (including phenoxy) is 1. The van der Waals surface area contributed by atoms with E-state index in [1.165, 1.54) is 18.2 Å². The van der Waals surface area contributed by atoms with Crippen LogP contribution in [-0.4, -0.2) is 26.2 Å². The van der Waals surface area contributed by atoms with Gasteiger partial charge in [0.1, 0.15) is 0 Å². The number of hydrogen-bond acceptors (Lipinski definition) is 3. The third kappa shape index (κ3) is 4.49. The Morgan fingerprint density at radius 3 is 2.44 bits per heavy atom. The van der Waals surface area contributed by atoms with Gasteiger partial charge < -0.3 is 10.1 Å². The summed E-state index contributed by atoms with van der Waals surface area (Å²) >= 11 is 0. The Morgan fingerprint density at radius 2 is 1.89 bits per heavy atom. The lowest BCUT2D eigenvalue weighted by atomic mass is 9.94. The number of rotatable bonds is 6. The Morgan fingerprint density at radius 1 is 1.28 bits per heavy atom. The van der Waals surface area contributed by atoms with Crippen molar-refractivity contribution in [1.29, 1.82) is 0 Å². The summed E-state index contributed by atoms with van der Waals surface area (Å²) in [5, 5.41) is 3.30. The first-order valence-electron chi connectivity index (χ1n) is 6.30. The Kier molecular flexibility index (Phi) is 5.35. The second kappa shape index (κ2) is 6.55. The molecule has 0 radical (unpaired) electrons. The highest BCUT2D eigenvalue weighted by molar-refractivity contribution is 5.76. The number of aryl methyl sites for hydroxylation is 1. The molecule has 0 saturated heterocycles. The molecule has 3 heteroatoms. The van der Waals surface area contributed by atoms with Crippen molar-refractivity contribution in [3.05, 3.63) is 35.4 Å². The maximum absolute atomic E-state index is 11.5. The van der Waals surface area contributed by atoms with Crippen molar-refractivity contribution >= 4 is 5.97 Å². The summed E-state index contributed by atoms with van der Waals surface area (Å²) in [4.78, 5) is 11.5. The lowest BCUT2D eigenvalue weighted by Gasteiger charge is -2.21. The lowest BCUT2D eigenvalue weighted by Crippen LogP contribution is -2.37. The SMILES string of the molecule is COC(=O)C(C)(C)CNCCc1ccc(C)cc1. The van der Waals surface area contributed by atoms with Gasteiger partial charge in [-0.05, 0) is 39.3 Å². The van der Waals surface area contributed by atoms with Gasteiger partial charge in [-0.25, -0.2) is 0 Å². The molecule has 1 rings (SSSR count). The van der Waals surface area contributed by atoms with Gasteiger partial charge in [-0.2, -0.15) is 0 Å². The fourth-order valence-corrected chi connectivity index (χ4v) is 1.74. The van der Waals surface area contributed by atoms with Gasteiger partial charge in [-0.1, -0.05) is 29.8 Å². The molecule has 0 atom stereocenters. The van der Waals surface area contributed by atoms with Crippen LogP contribution in [0, 0.1) is 12.3 Å². The Balaban J connectivity index is 2.30. The zero-order valence-electron chi connectivity index (χ0n) is 11.7. The molecular weight excluding hydrogens is 226 g/mol. The van der Waals surface area contributed by atoms with Crippen LogP contribution in [0.4, 0.5) is 0 Å². The predicted molar refractivity (Wildman–Crippen MR) is 73.5 cm³/mol. The highest BCUT2D eigenvalue weighted by Gasteiger charge is 2.27. The van der Waals surface area contributed by atoms with Crippen molar-refractivity contribution in [3.8, 4) is 0 Å². The van der Waals surface area contributed by atoms with Gasteiger partial charge in [0.2, 0.25) is 0 Å². The molecular formula is C15H23NO2. The standard InChI is InChI=1S/C15H23NO2/c1-12-5-7-13(8-6-12)9-10-16-11-15(2,3)14(17)18-4/h5-8,16H,9-11H2,1-4H3. The first-order chi connectivity index (χ1) is 8.45. The molecule has 0 amide bonds. The van der Waals surface area contributed by atoms with Gasteiger partial charge in [0.15, 0.2) is 0 Å². The Labute approximate surface area is 110 Å². The molecule has 0 spiro atoms. The number of benzene rings is 1. The first kappa shape index (κ1) is 14.7. The lowest BCUT2D eigenvalue weighted by molar-refractivity contribution is -0.150. The van der Waals surface area contributed by atoms with Gasteiger partial charge in [-0.3, -0.25) is 4.79 Å². The Hall–Kier alpha value is -1.35. The quantitative estimate of drug-likeness (QED) is 0.621. The number of carbonyl (C=O) groups is 1. The molecule has 0 aliphatic heterocycles. The van der Waals surface area contributed by atoms with E-state index in [4.69, 9.17) is 4.74 Å². The van der Waals surface area contributed by atoms with Gasteiger partial charge in [0.05, 0.1) is 12.5 Å². The molecule has 3 nitrogen and oxygen atoms in total. The van der Waals surface area contributed by atoms with Crippen molar-refractivity contribution < 1.29 is 9.53 Å². The van der Waals surface area contributed by atoms with Gasteiger partial charge in [0, 0.05) is 6.54 Å². The number of hydrogen-bond donors (Lipinski definition) is 1. The minimum Gasteiger partial charge on any atom is -0.469 e. The molecule has 18 heavy (non-hydrogen) atoms. The zero-order valence-corrected chi connectivity index (χ0v) is 11.7. The zero-order chi connectivity index (χ0) is 13.6. The molecule has 1 aromatic carbocycles. The second-order valence-electron chi connectivity index (χ2n) is 5.29. The molecule has 0 fully saturated rings. The highest BCUT2D eigenvalue weighted by atomic mass is 16.5. The predicted octanol–water partition coefficient (Wildman–Crippen LogP) is 2.33. The highest BCUT2D eigenvalue weighted by Crippen LogP contribution is 2.15. The molecule has 0 unspecified atom stereocenters. The van der Waals surface area contributed by atoms with E-state index in [-0.39, 0.29) is 5.97 Å². The molecule has 100 valence electrons.